The third-order valence-electron chi connectivity index (χ3n) is 5.26. The smallest absolute Gasteiger partial charge is 0.295 e. The lowest BCUT2D eigenvalue weighted by molar-refractivity contribution is -0.140. The first-order valence-corrected chi connectivity index (χ1v) is 10.4. The zero-order valence-electron chi connectivity index (χ0n) is 16.7. The Kier molecular flexibility index (Phi) is 5.57. The topological polar surface area (TPSA) is 74.0 Å². The normalized spacial score (nSPS) is 19.6. The molecule has 1 amide bonds. The van der Waals surface area contributed by atoms with Gasteiger partial charge in [-0.25, -0.2) is 0 Å². The first-order chi connectivity index (χ1) is 14.5. The molecule has 3 aromatic rings. The van der Waals surface area contributed by atoms with Gasteiger partial charge in [0.2, 0.25) is 0 Å². The van der Waals surface area contributed by atoms with E-state index in [0.717, 1.165) is 4.88 Å². The fourth-order valence-corrected chi connectivity index (χ4v) is 4.65. The molecule has 1 aromatic carbocycles. The van der Waals surface area contributed by atoms with Gasteiger partial charge in [0.1, 0.15) is 17.6 Å². The van der Waals surface area contributed by atoms with E-state index in [4.69, 9.17) is 4.42 Å². The second kappa shape index (κ2) is 8.30. The number of hydrogen-bond donors (Lipinski definition) is 1. The van der Waals surface area contributed by atoms with Crippen molar-refractivity contribution < 1.29 is 19.1 Å². The Balaban J connectivity index is 1.80. The molecule has 6 nitrogen and oxygen atoms in total. The summed E-state index contributed by atoms with van der Waals surface area (Å²) in [5.41, 5.74) is 0.527. The summed E-state index contributed by atoms with van der Waals surface area (Å²) in [5, 5.41) is 12.9. The van der Waals surface area contributed by atoms with Crippen molar-refractivity contribution in [3.05, 3.63) is 88.0 Å². The fraction of sp³-hybridized carbons (Fsp3) is 0.217. The van der Waals surface area contributed by atoms with Crippen LogP contribution >= 0.6 is 11.3 Å². The van der Waals surface area contributed by atoms with Gasteiger partial charge in [0.25, 0.3) is 11.7 Å². The molecule has 2 atom stereocenters. The van der Waals surface area contributed by atoms with E-state index in [-0.39, 0.29) is 23.9 Å². The van der Waals surface area contributed by atoms with Crippen LogP contribution < -0.4 is 0 Å². The third kappa shape index (κ3) is 3.58. The van der Waals surface area contributed by atoms with Crippen LogP contribution in [0.25, 0.3) is 5.76 Å². The van der Waals surface area contributed by atoms with E-state index < -0.39 is 17.7 Å². The van der Waals surface area contributed by atoms with E-state index in [1.54, 1.807) is 47.7 Å². The Morgan fingerprint density at radius 1 is 1.13 bits per heavy atom. The number of likely N-dealkylation sites (N-methyl/N-ethyl adjacent to an activating group) is 1. The maximum atomic E-state index is 13.1. The van der Waals surface area contributed by atoms with Crippen LogP contribution in [0.1, 0.15) is 28.3 Å². The lowest BCUT2D eigenvalue weighted by Gasteiger charge is -2.31. The summed E-state index contributed by atoms with van der Waals surface area (Å²) in [6.45, 7) is 0.287. The Bertz CT molecular complexity index is 1060. The molecule has 0 saturated carbocycles. The molecule has 1 aliphatic heterocycles. The molecule has 1 N–H and O–H groups in total. The molecule has 3 heterocycles. The van der Waals surface area contributed by atoms with Crippen LogP contribution in [0, 0.1) is 0 Å². The van der Waals surface area contributed by atoms with Crippen molar-refractivity contribution in [2.75, 3.05) is 20.6 Å². The molecule has 1 fully saturated rings. The number of aliphatic hydroxyl groups excluding tert-OH is 1. The van der Waals surface area contributed by atoms with Crippen LogP contribution in [0.15, 0.2) is 76.2 Å². The van der Waals surface area contributed by atoms with Gasteiger partial charge in [0, 0.05) is 17.0 Å². The number of carbonyl (C=O) groups is 2. The lowest BCUT2D eigenvalue weighted by atomic mass is 9.99. The molecular formula is C23H22N2O4S. The number of furan rings is 1. The minimum Gasteiger partial charge on any atom is -0.507 e. The number of carbonyl (C=O) groups excluding carboxylic acids is 2. The maximum Gasteiger partial charge on any atom is 0.295 e. The molecular weight excluding hydrogens is 400 g/mol. The van der Waals surface area contributed by atoms with Crippen molar-refractivity contribution in [3.8, 4) is 0 Å². The number of nitrogens with zero attached hydrogens (tertiary/aromatic N) is 2. The Morgan fingerprint density at radius 3 is 2.50 bits per heavy atom. The largest absolute Gasteiger partial charge is 0.507 e. The van der Waals surface area contributed by atoms with Crippen LogP contribution in [-0.4, -0.2) is 47.2 Å². The maximum absolute atomic E-state index is 13.1. The number of benzene rings is 1. The van der Waals surface area contributed by atoms with Gasteiger partial charge in [0.15, 0.2) is 0 Å². The Labute approximate surface area is 178 Å². The molecule has 4 rings (SSSR count). The highest BCUT2D eigenvalue weighted by atomic mass is 32.1. The molecule has 0 bridgehead atoms. The van der Waals surface area contributed by atoms with Crippen molar-refractivity contribution in [2.24, 2.45) is 0 Å². The third-order valence-corrected chi connectivity index (χ3v) is 6.24. The van der Waals surface area contributed by atoms with Gasteiger partial charge in [-0.05, 0) is 37.7 Å². The van der Waals surface area contributed by atoms with Crippen molar-refractivity contribution in [3.63, 3.8) is 0 Å². The quantitative estimate of drug-likeness (QED) is 0.368. The highest BCUT2D eigenvalue weighted by Crippen LogP contribution is 2.41. The summed E-state index contributed by atoms with van der Waals surface area (Å²) in [6.07, 6.45) is 1.50. The second-order valence-corrected chi connectivity index (χ2v) is 8.31. The summed E-state index contributed by atoms with van der Waals surface area (Å²) < 4.78 is 5.59. The van der Waals surface area contributed by atoms with E-state index >= 15 is 0 Å². The number of amides is 1. The average Bonchev–Trinajstić information content (AvgIpc) is 3.50. The number of ketones is 1. The number of hydrogen-bond acceptors (Lipinski definition) is 6. The van der Waals surface area contributed by atoms with Crippen LogP contribution in [0.2, 0.25) is 0 Å². The van der Waals surface area contributed by atoms with Crippen LogP contribution in [0.4, 0.5) is 0 Å². The molecule has 7 heteroatoms. The zero-order valence-corrected chi connectivity index (χ0v) is 17.5. The number of thiophene rings is 1. The van der Waals surface area contributed by atoms with E-state index in [9.17, 15) is 14.7 Å². The molecule has 1 saturated heterocycles. The van der Waals surface area contributed by atoms with E-state index in [1.165, 1.54) is 11.2 Å². The van der Waals surface area contributed by atoms with Crippen molar-refractivity contribution in [1.29, 1.82) is 0 Å². The summed E-state index contributed by atoms with van der Waals surface area (Å²) >= 11 is 1.60. The number of Topliss-reactive ketones (excluding diaryl/α,β-unsaturated/α-hetero) is 1. The minimum atomic E-state index is -0.789. The van der Waals surface area contributed by atoms with Crippen LogP contribution in [-0.2, 0) is 9.59 Å². The first kappa shape index (κ1) is 20.1. The fourth-order valence-electron chi connectivity index (χ4n) is 3.74. The number of aliphatic hydroxyl groups is 1. The second-order valence-electron chi connectivity index (χ2n) is 7.33. The molecule has 0 aliphatic carbocycles. The van der Waals surface area contributed by atoms with E-state index in [2.05, 4.69) is 0 Å². The molecule has 0 unspecified atom stereocenters. The molecule has 30 heavy (non-hydrogen) atoms. The standard InChI is InChI=1S/C23H22N2O4S/c1-24(2)16(18-11-7-13-30-18)14-25-20(17-10-6-12-29-17)19(22(27)23(25)28)21(26)15-8-4-3-5-9-15/h3-13,16,20,26H,14H2,1-2H3/b21-19+/t16-,20-/m0/s1. The lowest BCUT2D eigenvalue weighted by Crippen LogP contribution is -2.37. The molecule has 1 aliphatic rings. The zero-order chi connectivity index (χ0) is 21.3. The van der Waals surface area contributed by atoms with Gasteiger partial charge < -0.3 is 19.3 Å². The van der Waals surface area contributed by atoms with Gasteiger partial charge in [-0.3, -0.25) is 9.59 Å². The summed E-state index contributed by atoms with van der Waals surface area (Å²) in [7, 11) is 3.87. The van der Waals surface area contributed by atoms with Gasteiger partial charge >= 0.3 is 0 Å². The minimum absolute atomic E-state index is 0.0461. The van der Waals surface area contributed by atoms with E-state index in [1.807, 2.05) is 42.6 Å². The SMILES string of the molecule is CN(C)[C@@H](CN1C(=O)C(=O)/C(=C(/O)c2ccccc2)[C@@H]1c1ccco1)c1cccs1. The molecule has 0 spiro atoms. The first-order valence-electron chi connectivity index (χ1n) is 9.56. The number of likely N-dealkylation sites (tertiary alicyclic amines) is 1. The van der Waals surface area contributed by atoms with Crippen LogP contribution in [0.5, 0.6) is 0 Å². The highest BCUT2D eigenvalue weighted by Gasteiger charge is 2.48. The Hall–Kier alpha value is -3.16. The highest BCUT2D eigenvalue weighted by molar-refractivity contribution is 7.10. The van der Waals surface area contributed by atoms with Gasteiger partial charge in [-0.15, -0.1) is 11.3 Å². The van der Waals surface area contributed by atoms with Gasteiger partial charge in [-0.2, -0.15) is 0 Å². The molecule has 0 radical (unpaired) electrons. The van der Waals surface area contributed by atoms with E-state index in [0.29, 0.717) is 11.3 Å². The van der Waals surface area contributed by atoms with Crippen molar-refractivity contribution in [2.45, 2.75) is 12.1 Å². The molecule has 2 aromatic heterocycles. The van der Waals surface area contributed by atoms with Crippen molar-refractivity contribution >= 4 is 28.8 Å². The summed E-state index contributed by atoms with van der Waals surface area (Å²) in [5.74, 6) is -1.11. The Morgan fingerprint density at radius 2 is 1.90 bits per heavy atom. The average molecular weight is 423 g/mol. The number of rotatable bonds is 6. The summed E-state index contributed by atoms with van der Waals surface area (Å²) in [4.78, 5) is 30.7. The van der Waals surface area contributed by atoms with Crippen molar-refractivity contribution in [1.82, 2.24) is 9.80 Å². The predicted octanol–water partition coefficient (Wildman–Crippen LogP) is 4.07. The van der Waals surface area contributed by atoms with Gasteiger partial charge in [0.05, 0.1) is 17.9 Å². The monoisotopic (exact) mass is 422 g/mol. The van der Waals surface area contributed by atoms with Gasteiger partial charge in [-0.1, -0.05) is 36.4 Å². The predicted molar refractivity (Wildman–Crippen MR) is 115 cm³/mol. The summed E-state index contributed by atoms with van der Waals surface area (Å²) in [6, 6.07) is 15.3. The molecule has 154 valence electrons. The van der Waals surface area contributed by atoms with Crippen LogP contribution in [0.3, 0.4) is 0 Å².